The molecule has 1 aromatic heterocycles. The van der Waals surface area contributed by atoms with Gasteiger partial charge in [-0.25, -0.2) is 9.11 Å². The van der Waals surface area contributed by atoms with Gasteiger partial charge in [-0.05, 0) is 46.6 Å². The zero-order chi connectivity index (χ0) is 22.6. The van der Waals surface area contributed by atoms with E-state index in [2.05, 4.69) is 20.7 Å². The fourth-order valence-corrected chi connectivity index (χ4v) is 5.74. The molecule has 4 nitrogen and oxygen atoms in total. The monoisotopic (exact) mass is 536 g/mol. The van der Waals surface area contributed by atoms with Crippen LogP contribution in [-0.4, -0.2) is 19.1 Å². The third kappa shape index (κ3) is 5.91. The molecule has 0 spiro atoms. The van der Waals surface area contributed by atoms with E-state index < -0.39 is 23.5 Å². The Morgan fingerprint density at radius 3 is 2.68 bits per heavy atom. The number of nitrogens with zero attached hydrogens (tertiary/aromatic N) is 1. The van der Waals surface area contributed by atoms with Crippen molar-refractivity contribution in [2.24, 2.45) is 0 Å². The van der Waals surface area contributed by atoms with E-state index in [4.69, 9.17) is 4.74 Å². The molecule has 0 radical (unpaired) electrons. The minimum absolute atomic E-state index is 0.0370. The van der Waals surface area contributed by atoms with Crippen molar-refractivity contribution >= 4 is 60.5 Å². The Bertz CT molecular complexity index is 1080. The maximum Gasteiger partial charge on any atom is 0.419 e. The van der Waals surface area contributed by atoms with Gasteiger partial charge in [0.15, 0.2) is 0 Å². The number of hydrogen-bond donors (Lipinski definition) is 1. The molecule has 166 valence electrons. The number of halogens is 5. The van der Waals surface area contributed by atoms with Crippen molar-refractivity contribution in [1.29, 1.82) is 0 Å². The molecule has 0 saturated heterocycles. The number of esters is 1. The molecule has 0 unspecified atom stereocenters. The Labute approximate surface area is 193 Å². The van der Waals surface area contributed by atoms with Crippen LogP contribution in [0.1, 0.15) is 18.1 Å². The van der Waals surface area contributed by atoms with Crippen molar-refractivity contribution in [2.75, 3.05) is 17.5 Å². The van der Waals surface area contributed by atoms with Crippen LogP contribution in [-0.2, 0) is 22.3 Å². The van der Waals surface area contributed by atoms with E-state index >= 15 is 0 Å². The number of carbonyl (C=O) groups excluding carboxylic acids is 1. The van der Waals surface area contributed by atoms with E-state index in [9.17, 15) is 22.4 Å². The SMILES string of the molecule is CCOC(=O)CNSN(Cc1ccc(F)c(C(F)(F)F)c1)c1sc2ccccc2c1Br. The molecule has 2 aromatic carbocycles. The van der Waals surface area contributed by atoms with E-state index in [0.29, 0.717) is 0 Å². The summed E-state index contributed by atoms with van der Waals surface area (Å²) in [5, 5.41) is 1.69. The van der Waals surface area contributed by atoms with Gasteiger partial charge in [-0.15, -0.1) is 11.3 Å². The molecule has 31 heavy (non-hydrogen) atoms. The smallest absolute Gasteiger partial charge is 0.419 e. The second kappa shape index (κ2) is 10.2. The summed E-state index contributed by atoms with van der Waals surface area (Å²) < 4.78 is 64.3. The molecule has 0 aliphatic heterocycles. The molecule has 0 saturated carbocycles. The van der Waals surface area contributed by atoms with Crippen molar-refractivity contribution in [2.45, 2.75) is 19.6 Å². The summed E-state index contributed by atoms with van der Waals surface area (Å²) in [5.41, 5.74) is -1.05. The fraction of sp³-hybridized carbons (Fsp3) is 0.250. The first kappa shape index (κ1) is 23.8. The Hall–Kier alpha value is -1.82. The standard InChI is InChI=1S/C20H17BrF4N2O2S2/c1-2-29-17(28)10-26-31-27(19-18(21)13-5-3-4-6-16(13)30-19)11-12-7-8-15(22)14(9-12)20(23,24)25/h3-9,26H,2,10-11H2,1H3. The van der Waals surface area contributed by atoms with Crippen molar-refractivity contribution in [3.05, 3.63) is 63.9 Å². The summed E-state index contributed by atoms with van der Waals surface area (Å²) in [6, 6.07) is 10.6. The normalized spacial score (nSPS) is 11.7. The molecule has 1 N–H and O–H groups in total. The molecular weight excluding hydrogens is 520 g/mol. The highest BCUT2D eigenvalue weighted by Crippen LogP contribution is 2.44. The second-order valence-corrected chi connectivity index (χ2v) is 9.02. The van der Waals surface area contributed by atoms with E-state index in [1.54, 1.807) is 11.2 Å². The van der Waals surface area contributed by atoms with E-state index in [-0.39, 0.29) is 25.3 Å². The van der Waals surface area contributed by atoms with Crippen LogP contribution in [0.3, 0.4) is 0 Å². The Morgan fingerprint density at radius 2 is 2.00 bits per heavy atom. The van der Waals surface area contributed by atoms with Crippen LogP contribution in [0.5, 0.6) is 0 Å². The van der Waals surface area contributed by atoms with Gasteiger partial charge in [0, 0.05) is 22.2 Å². The summed E-state index contributed by atoms with van der Waals surface area (Å²) in [6.45, 7) is 1.88. The molecule has 1 heterocycles. The third-order valence-corrected chi connectivity index (χ3v) is 7.28. The third-order valence-electron chi connectivity index (χ3n) is 4.10. The van der Waals surface area contributed by atoms with Crippen molar-refractivity contribution in [3.63, 3.8) is 0 Å². The van der Waals surface area contributed by atoms with Crippen molar-refractivity contribution in [3.8, 4) is 0 Å². The van der Waals surface area contributed by atoms with Crippen molar-refractivity contribution < 1.29 is 27.1 Å². The van der Waals surface area contributed by atoms with E-state index in [1.807, 2.05) is 24.3 Å². The average molecular weight is 537 g/mol. The van der Waals surface area contributed by atoms with Gasteiger partial charge >= 0.3 is 12.1 Å². The quantitative estimate of drug-likeness (QED) is 0.201. The maximum absolute atomic E-state index is 13.7. The van der Waals surface area contributed by atoms with Crippen LogP contribution in [0.4, 0.5) is 22.6 Å². The van der Waals surface area contributed by atoms with Gasteiger partial charge in [-0.3, -0.25) is 9.10 Å². The molecule has 0 fully saturated rings. The number of nitrogens with one attached hydrogen (secondary N) is 1. The minimum Gasteiger partial charge on any atom is -0.465 e. The molecular formula is C20H17BrF4N2O2S2. The highest BCUT2D eigenvalue weighted by Gasteiger charge is 2.34. The average Bonchev–Trinajstić information content (AvgIpc) is 3.05. The first-order valence-corrected chi connectivity index (χ1v) is 11.4. The number of benzene rings is 2. The van der Waals surface area contributed by atoms with Gasteiger partial charge in [-0.1, -0.05) is 24.3 Å². The zero-order valence-corrected chi connectivity index (χ0v) is 19.4. The topological polar surface area (TPSA) is 41.6 Å². The number of anilines is 1. The highest BCUT2D eigenvalue weighted by molar-refractivity contribution is 9.10. The van der Waals surface area contributed by atoms with Gasteiger partial charge in [-0.2, -0.15) is 13.2 Å². The predicted molar refractivity (Wildman–Crippen MR) is 119 cm³/mol. The van der Waals surface area contributed by atoms with E-state index in [1.165, 1.54) is 17.4 Å². The van der Waals surface area contributed by atoms with Crippen LogP contribution in [0.2, 0.25) is 0 Å². The number of ether oxygens (including phenoxy) is 1. The van der Waals surface area contributed by atoms with Gasteiger partial charge < -0.3 is 4.74 Å². The number of rotatable bonds is 8. The van der Waals surface area contributed by atoms with Crippen molar-refractivity contribution in [1.82, 2.24) is 4.72 Å². The Morgan fingerprint density at radius 1 is 1.26 bits per heavy atom. The fourth-order valence-electron chi connectivity index (χ4n) is 2.74. The molecule has 0 bridgehead atoms. The second-order valence-electron chi connectivity index (χ2n) is 6.28. The summed E-state index contributed by atoms with van der Waals surface area (Å²) in [5.74, 6) is -1.77. The molecule has 3 rings (SSSR count). The first-order chi connectivity index (χ1) is 14.7. The van der Waals surface area contributed by atoms with Gasteiger partial charge in [0.1, 0.15) is 17.4 Å². The van der Waals surface area contributed by atoms with Crippen LogP contribution >= 0.6 is 39.4 Å². The molecule has 0 atom stereocenters. The van der Waals surface area contributed by atoms with Gasteiger partial charge in [0.05, 0.1) is 23.2 Å². The number of alkyl halides is 3. The zero-order valence-electron chi connectivity index (χ0n) is 16.1. The lowest BCUT2D eigenvalue weighted by molar-refractivity contribution is -0.142. The first-order valence-electron chi connectivity index (χ1n) is 9.06. The number of carbonyl (C=O) groups is 1. The number of hydrogen-bond acceptors (Lipinski definition) is 6. The largest absolute Gasteiger partial charge is 0.465 e. The summed E-state index contributed by atoms with van der Waals surface area (Å²) in [4.78, 5) is 11.6. The molecule has 0 amide bonds. The number of fused-ring (bicyclic) bond motifs is 1. The lowest BCUT2D eigenvalue weighted by atomic mass is 10.1. The molecule has 3 aromatic rings. The Balaban J connectivity index is 1.90. The molecule has 0 aliphatic carbocycles. The number of thiophene rings is 1. The van der Waals surface area contributed by atoms with E-state index in [0.717, 1.165) is 43.8 Å². The van der Waals surface area contributed by atoms with Crippen LogP contribution in [0.15, 0.2) is 46.9 Å². The summed E-state index contributed by atoms with van der Waals surface area (Å²) >= 11 is 6.06. The Kier molecular flexibility index (Phi) is 7.84. The van der Waals surface area contributed by atoms with Crippen LogP contribution in [0, 0.1) is 5.82 Å². The van der Waals surface area contributed by atoms with Crippen LogP contribution < -0.4 is 9.03 Å². The predicted octanol–water partition coefficient (Wildman–Crippen LogP) is 6.54. The highest BCUT2D eigenvalue weighted by atomic mass is 79.9. The molecule has 11 heteroatoms. The maximum atomic E-state index is 13.7. The van der Waals surface area contributed by atoms with Gasteiger partial charge in [0.2, 0.25) is 0 Å². The summed E-state index contributed by atoms with van der Waals surface area (Å²) in [7, 11) is 0. The lowest BCUT2D eigenvalue weighted by Crippen LogP contribution is -2.25. The van der Waals surface area contributed by atoms with Gasteiger partial charge in [0.25, 0.3) is 0 Å². The minimum atomic E-state index is -4.79. The van der Waals surface area contributed by atoms with Crippen LogP contribution in [0.25, 0.3) is 10.1 Å². The lowest BCUT2D eigenvalue weighted by Gasteiger charge is -2.23. The molecule has 0 aliphatic rings. The summed E-state index contributed by atoms with van der Waals surface area (Å²) in [6.07, 6.45) is -4.79.